The Morgan fingerprint density at radius 1 is 1.21 bits per heavy atom. The van der Waals surface area contributed by atoms with Gasteiger partial charge in [0.25, 0.3) is 0 Å². The lowest BCUT2D eigenvalue weighted by Crippen LogP contribution is -2.28. The summed E-state index contributed by atoms with van der Waals surface area (Å²) in [5, 5.41) is 0. The number of fused-ring (bicyclic) bond motifs is 2. The fraction of sp³-hybridized carbons (Fsp3) is 0.625. The highest BCUT2D eigenvalue weighted by molar-refractivity contribution is 5.19. The smallest absolute Gasteiger partial charge is 0.126 e. The normalized spacial score (nSPS) is 30.8. The molecule has 2 fully saturated rings. The first-order valence-corrected chi connectivity index (χ1v) is 7.31. The van der Waals surface area contributed by atoms with Crippen molar-refractivity contribution in [3.63, 3.8) is 0 Å². The van der Waals surface area contributed by atoms with E-state index in [1.54, 1.807) is 0 Å². The number of hydrogen-bond acceptors (Lipinski definition) is 1. The molecule has 1 aromatic carbocycles. The van der Waals surface area contributed by atoms with Crippen molar-refractivity contribution in [1.29, 1.82) is 0 Å². The zero-order chi connectivity index (χ0) is 13.4. The first-order chi connectivity index (χ1) is 9.11. The minimum Gasteiger partial charge on any atom is -0.327 e. The van der Waals surface area contributed by atoms with Gasteiger partial charge < -0.3 is 5.73 Å². The Morgan fingerprint density at radius 3 is 2.74 bits per heavy atom. The third-order valence-electron chi connectivity index (χ3n) is 4.98. The Kier molecular flexibility index (Phi) is 3.57. The summed E-state index contributed by atoms with van der Waals surface area (Å²) in [6.45, 7) is 0. The zero-order valence-electron chi connectivity index (χ0n) is 11.1. The summed E-state index contributed by atoms with van der Waals surface area (Å²) in [6.07, 6.45) is 6.79. The second-order valence-corrected chi connectivity index (χ2v) is 6.37. The third-order valence-corrected chi connectivity index (χ3v) is 4.98. The zero-order valence-corrected chi connectivity index (χ0v) is 11.1. The lowest BCUT2D eigenvalue weighted by molar-refractivity contribution is 0.293. The van der Waals surface area contributed by atoms with Gasteiger partial charge in [0.2, 0.25) is 0 Å². The molecule has 2 aliphatic carbocycles. The van der Waals surface area contributed by atoms with Gasteiger partial charge in [-0.15, -0.1) is 0 Å². The average Bonchev–Trinajstić information content (AvgIpc) is 2.96. The number of halogens is 2. The fourth-order valence-corrected chi connectivity index (χ4v) is 4.12. The van der Waals surface area contributed by atoms with Gasteiger partial charge in [0.05, 0.1) is 0 Å². The van der Waals surface area contributed by atoms with E-state index in [1.165, 1.54) is 37.8 Å². The summed E-state index contributed by atoms with van der Waals surface area (Å²) in [4.78, 5) is 0. The Labute approximate surface area is 113 Å². The van der Waals surface area contributed by atoms with Gasteiger partial charge in [-0.3, -0.25) is 0 Å². The predicted molar refractivity (Wildman–Crippen MR) is 71.6 cm³/mol. The molecular weight excluding hydrogens is 244 g/mol. The van der Waals surface area contributed by atoms with Crippen molar-refractivity contribution in [2.45, 2.75) is 44.6 Å². The van der Waals surface area contributed by atoms with Crippen LogP contribution in [0.25, 0.3) is 0 Å². The van der Waals surface area contributed by atoms with E-state index in [9.17, 15) is 8.78 Å². The van der Waals surface area contributed by atoms with Crippen LogP contribution in [0.15, 0.2) is 18.2 Å². The van der Waals surface area contributed by atoms with Crippen molar-refractivity contribution >= 4 is 0 Å². The molecule has 2 N–H and O–H groups in total. The van der Waals surface area contributed by atoms with Gasteiger partial charge in [0.15, 0.2) is 0 Å². The molecule has 2 bridgehead atoms. The van der Waals surface area contributed by atoms with Crippen molar-refractivity contribution in [3.8, 4) is 0 Å². The van der Waals surface area contributed by atoms with Gasteiger partial charge in [0.1, 0.15) is 11.6 Å². The number of nitrogens with two attached hydrogens (primary N) is 1. The van der Waals surface area contributed by atoms with Gasteiger partial charge >= 0.3 is 0 Å². The second kappa shape index (κ2) is 5.20. The van der Waals surface area contributed by atoms with E-state index in [0.717, 1.165) is 24.3 Å². The molecule has 4 unspecified atom stereocenters. The van der Waals surface area contributed by atoms with Crippen LogP contribution >= 0.6 is 0 Å². The predicted octanol–water partition coefficient (Wildman–Crippen LogP) is 3.66. The lowest BCUT2D eigenvalue weighted by atomic mass is 9.83. The molecule has 0 amide bonds. The van der Waals surface area contributed by atoms with Gasteiger partial charge in [-0.25, -0.2) is 8.78 Å². The molecule has 0 radical (unpaired) electrons. The second-order valence-electron chi connectivity index (χ2n) is 6.37. The van der Waals surface area contributed by atoms with Crippen LogP contribution in [-0.2, 0) is 6.42 Å². The standard InChI is InChI=1S/C16H21F2N/c17-14-3-4-16(18)13(7-14)9-15(19)8-12-6-10-1-2-11(12)5-10/h3-4,7,10-12,15H,1-2,5-6,8-9,19H2. The molecule has 0 saturated heterocycles. The van der Waals surface area contributed by atoms with Crippen molar-refractivity contribution in [2.24, 2.45) is 23.5 Å². The molecule has 3 heteroatoms. The third kappa shape index (κ3) is 2.81. The van der Waals surface area contributed by atoms with E-state index >= 15 is 0 Å². The summed E-state index contributed by atoms with van der Waals surface area (Å²) < 4.78 is 26.7. The van der Waals surface area contributed by atoms with Crippen LogP contribution in [0.5, 0.6) is 0 Å². The molecule has 0 aromatic heterocycles. The van der Waals surface area contributed by atoms with E-state index < -0.39 is 0 Å². The number of rotatable bonds is 4. The highest BCUT2D eigenvalue weighted by atomic mass is 19.1. The van der Waals surface area contributed by atoms with Gasteiger partial charge in [-0.2, -0.15) is 0 Å². The van der Waals surface area contributed by atoms with Crippen LogP contribution in [-0.4, -0.2) is 6.04 Å². The fourth-order valence-electron chi connectivity index (χ4n) is 4.12. The van der Waals surface area contributed by atoms with Crippen LogP contribution in [0.3, 0.4) is 0 Å². The first-order valence-electron chi connectivity index (χ1n) is 7.31. The summed E-state index contributed by atoms with van der Waals surface area (Å²) in [5.74, 6) is 1.74. The maximum absolute atomic E-state index is 13.6. The maximum Gasteiger partial charge on any atom is 0.126 e. The first kappa shape index (κ1) is 13.0. The van der Waals surface area contributed by atoms with Gasteiger partial charge in [-0.1, -0.05) is 6.42 Å². The summed E-state index contributed by atoms with van der Waals surface area (Å²) in [6, 6.07) is 3.56. The van der Waals surface area contributed by atoms with E-state index in [-0.39, 0.29) is 17.7 Å². The quantitative estimate of drug-likeness (QED) is 0.883. The Hall–Kier alpha value is -0.960. The van der Waals surface area contributed by atoms with Crippen LogP contribution in [0, 0.1) is 29.4 Å². The Morgan fingerprint density at radius 2 is 2.05 bits per heavy atom. The molecule has 0 aliphatic heterocycles. The Bertz CT molecular complexity index is 460. The minimum absolute atomic E-state index is 0.0550. The molecule has 4 atom stereocenters. The Balaban J connectivity index is 1.59. The highest BCUT2D eigenvalue weighted by Crippen LogP contribution is 2.49. The molecule has 0 heterocycles. The van der Waals surface area contributed by atoms with E-state index in [0.29, 0.717) is 17.9 Å². The van der Waals surface area contributed by atoms with Gasteiger partial charge in [0, 0.05) is 6.04 Å². The lowest BCUT2D eigenvalue weighted by Gasteiger charge is -2.24. The van der Waals surface area contributed by atoms with E-state index in [1.807, 2.05) is 0 Å². The topological polar surface area (TPSA) is 26.0 Å². The number of benzene rings is 1. The van der Waals surface area contributed by atoms with Crippen LogP contribution in [0.2, 0.25) is 0 Å². The maximum atomic E-state index is 13.6. The molecule has 0 spiro atoms. The molecule has 1 aromatic rings. The summed E-state index contributed by atoms with van der Waals surface area (Å²) in [7, 11) is 0. The van der Waals surface area contributed by atoms with Crippen LogP contribution in [0.1, 0.15) is 37.7 Å². The monoisotopic (exact) mass is 265 g/mol. The molecule has 2 aliphatic rings. The average molecular weight is 265 g/mol. The van der Waals surface area contributed by atoms with Crippen molar-refractivity contribution < 1.29 is 8.78 Å². The van der Waals surface area contributed by atoms with Gasteiger partial charge in [-0.05, 0) is 73.6 Å². The SMILES string of the molecule is NC(Cc1cc(F)ccc1F)CC1CC2CCC1C2. The van der Waals surface area contributed by atoms with Crippen molar-refractivity contribution in [2.75, 3.05) is 0 Å². The van der Waals surface area contributed by atoms with Crippen molar-refractivity contribution in [1.82, 2.24) is 0 Å². The van der Waals surface area contributed by atoms with Crippen LogP contribution in [0.4, 0.5) is 8.78 Å². The van der Waals surface area contributed by atoms with E-state index in [2.05, 4.69) is 0 Å². The van der Waals surface area contributed by atoms with Crippen LogP contribution < -0.4 is 5.73 Å². The molecule has 19 heavy (non-hydrogen) atoms. The van der Waals surface area contributed by atoms with Crippen molar-refractivity contribution in [3.05, 3.63) is 35.4 Å². The number of hydrogen-bond donors (Lipinski definition) is 1. The summed E-state index contributed by atoms with van der Waals surface area (Å²) >= 11 is 0. The molecular formula is C16H21F2N. The highest BCUT2D eigenvalue weighted by Gasteiger charge is 2.39. The molecule has 2 saturated carbocycles. The molecule has 104 valence electrons. The largest absolute Gasteiger partial charge is 0.327 e. The molecule has 1 nitrogen and oxygen atoms in total. The van der Waals surface area contributed by atoms with E-state index in [4.69, 9.17) is 5.73 Å². The minimum atomic E-state index is -0.386. The summed E-state index contributed by atoms with van der Waals surface area (Å²) in [5.41, 5.74) is 6.56. The molecule has 3 rings (SSSR count).